The maximum Gasteiger partial charge on any atom is 0.212 e. The van der Waals surface area contributed by atoms with Gasteiger partial charge in [-0.15, -0.1) is 0 Å². The standard InChI is InChI=1S/C20H48N4Si2/c1-19(2,3)15-17-25(21(7)8,22(9)10)18(16-20(4,5)6)26(17,23(11)12)24(13)14/h17-18H,15-16H2,1-14H3. The Morgan fingerprint density at radius 3 is 0.808 bits per heavy atom. The van der Waals surface area contributed by atoms with Crippen LogP contribution in [0.15, 0.2) is 0 Å². The summed E-state index contributed by atoms with van der Waals surface area (Å²) in [6, 6.07) is 0. The summed E-state index contributed by atoms with van der Waals surface area (Å²) in [6.45, 7) is 14.6. The van der Waals surface area contributed by atoms with Crippen molar-refractivity contribution in [2.24, 2.45) is 10.8 Å². The van der Waals surface area contributed by atoms with E-state index in [0.29, 0.717) is 10.8 Å². The molecule has 0 aromatic heterocycles. The van der Waals surface area contributed by atoms with Crippen LogP contribution in [0.1, 0.15) is 54.4 Å². The lowest BCUT2D eigenvalue weighted by Crippen LogP contribution is -2.91. The van der Waals surface area contributed by atoms with Gasteiger partial charge < -0.3 is 18.3 Å². The molecule has 0 atom stereocenters. The third kappa shape index (κ3) is 3.87. The predicted octanol–water partition coefficient (Wildman–Crippen LogP) is 3.82. The molecule has 0 radical (unpaired) electrons. The van der Waals surface area contributed by atoms with Gasteiger partial charge in [-0.3, -0.25) is 0 Å². The zero-order valence-corrected chi connectivity index (χ0v) is 22.4. The van der Waals surface area contributed by atoms with E-state index in [9.17, 15) is 0 Å². The molecule has 1 heterocycles. The Labute approximate surface area is 167 Å². The molecule has 26 heavy (non-hydrogen) atoms. The van der Waals surface area contributed by atoms with Gasteiger partial charge in [0.25, 0.3) is 0 Å². The van der Waals surface area contributed by atoms with Gasteiger partial charge in [0.2, 0.25) is 16.8 Å². The van der Waals surface area contributed by atoms with E-state index in [4.69, 9.17) is 0 Å². The Morgan fingerprint density at radius 1 is 0.500 bits per heavy atom. The molecule has 1 saturated heterocycles. The normalized spacial score (nSPS) is 26.1. The van der Waals surface area contributed by atoms with E-state index in [1.807, 2.05) is 0 Å². The number of rotatable bonds is 6. The SMILES string of the molecule is CN(C)[Si]1(N(C)C)C(CC(C)(C)C)[Si](N(C)C)(N(C)C)C1CC(C)(C)C. The fourth-order valence-electron chi connectivity index (χ4n) is 6.13. The first kappa shape index (κ1) is 24.3. The van der Waals surface area contributed by atoms with E-state index < -0.39 is 16.8 Å². The van der Waals surface area contributed by atoms with Gasteiger partial charge >= 0.3 is 0 Å². The number of nitrogens with zero attached hydrogens (tertiary/aromatic N) is 4. The Kier molecular flexibility index (Phi) is 7.10. The average Bonchev–Trinajstić information content (AvgIpc) is 2.32. The van der Waals surface area contributed by atoms with Crippen LogP contribution in [0.3, 0.4) is 0 Å². The molecule has 0 spiro atoms. The minimum absolute atomic E-state index is 0.353. The van der Waals surface area contributed by atoms with Gasteiger partial charge in [0.15, 0.2) is 0 Å². The van der Waals surface area contributed by atoms with E-state index in [-0.39, 0.29) is 0 Å². The molecule has 6 heteroatoms. The zero-order chi connectivity index (χ0) is 20.9. The summed E-state index contributed by atoms with van der Waals surface area (Å²) < 4.78 is 10.7. The van der Waals surface area contributed by atoms with Gasteiger partial charge in [-0.25, -0.2) is 0 Å². The van der Waals surface area contributed by atoms with E-state index in [1.54, 1.807) is 0 Å². The summed E-state index contributed by atoms with van der Waals surface area (Å²) in [4.78, 5) is 0. The molecule has 0 N–H and O–H groups in total. The van der Waals surface area contributed by atoms with Gasteiger partial charge in [-0.1, -0.05) is 41.5 Å². The summed E-state index contributed by atoms with van der Waals surface area (Å²) in [6.07, 6.45) is 2.64. The van der Waals surface area contributed by atoms with Crippen LogP contribution in [0, 0.1) is 10.8 Å². The Balaban J connectivity index is 3.71. The molecule has 0 unspecified atom stereocenters. The highest BCUT2D eigenvalue weighted by molar-refractivity contribution is 7.13. The Morgan fingerprint density at radius 2 is 0.692 bits per heavy atom. The molecule has 0 aromatic carbocycles. The molecule has 4 nitrogen and oxygen atoms in total. The molecule has 1 fully saturated rings. The maximum atomic E-state index is 2.68. The van der Waals surface area contributed by atoms with Gasteiger partial charge in [0.05, 0.1) is 0 Å². The first-order valence-corrected chi connectivity index (χ1v) is 14.2. The molecule has 156 valence electrons. The molecule has 1 rings (SSSR count). The van der Waals surface area contributed by atoms with Crippen molar-refractivity contribution in [1.29, 1.82) is 0 Å². The van der Waals surface area contributed by atoms with E-state index in [1.165, 1.54) is 12.8 Å². The topological polar surface area (TPSA) is 13.0 Å². The molecular weight excluding hydrogens is 352 g/mol. The summed E-state index contributed by atoms with van der Waals surface area (Å²) in [5, 5.41) is 1.61. The van der Waals surface area contributed by atoms with Crippen molar-refractivity contribution in [2.75, 3.05) is 56.4 Å². The van der Waals surface area contributed by atoms with Crippen LogP contribution in [0.5, 0.6) is 0 Å². The largest absolute Gasteiger partial charge is 0.317 e. The average molecular weight is 401 g/mol. The van der Waals surface area contributed by atoms with Crippen molar-refractivity contribution in [3.8, 4) is 0 Å². The lowest BCUT2D eigenvalue weighted by Gasteiger charge is -2.74. The predicted molar refractivity (Wildman–Crippen MR) is 122 cm³/mol. The minimum Gasteiger partial charge on any atom is -0.317 e. The highest BCUT2D eigenvalue weighted by Crippen LogP contribution is 2.65. The fourth-order valence-corrected chi connectivity index (χ4v) is 29.7. The molecule has 0 bridgehead atoms. The van der Waals surface area contributed by atoms with Crippen molar-refractivity contribution in [3.05, 3.63) is 0 Å². The number of hydrogen-bond acceptors (Lipinski definition) is 4. The summed E-state index contributed by atoms with van der Waals surface area (Å²) in [5.41, 5.74) is 0.706. The van der Waals surface area contributed by atoms with Gasteiger partial charge in [-0.05, 0) is 80.1 Å². The van der Waals surface area contributed by atoms with Crippen molar-refractivity contribution >= 4 is 16.8 Å². The van der Waals surface area contributed by atoms with Crippen LogP contribution in [-0.2, 0) is 0 Å². The van der Waals surface area contributed by atoms with E-state index in [0.717, 1.165) is 10.3 Å². The molecule has 0 aliphatic carbocycles. The molecule has 0 amide bonds. The highest BCUT2D eigenvalue weighted by Gasteiger charge is 2.78. The number of hydrogen-bond donors (Lipinski definition) is 0. The fraction of sp³-hybridized carbons (Fsp3) is 1.00. The van der Waals surface area contributed by atoms with Crippen molar-refractivity contribution in [2.45, 2.75) is 64.7 Å². The first-order valence-electron chi connectivity index (χ1n) is 10.2. The van der Waals surface area contributed by atoms with Crippen LogP contribution in [-0.4, -0.2) is 91.4 Å². The summed E-state index contributed by atoms with van der Waals surface area (Å²) in [7, 11) is 15.3. The maximum absolute atomic E-state index is 2.68. The second-order valence-corrected chi connectivity index (χ2v) is 22.4. The second-order valence-electron chi connectivity index (χ2n) is 11.8. The van der Waals surface area contributed by atoms with Crippen molar-refractivity contribution in [1.82, 2.24) is 18.3 Å². The monoisotopic (exact) mass is 400 g/mol. The van der Waals surface area contributed by atoms with Crippen molar-refractivity contribution < 1.29 is 0 Å². The first-order chi connectivity index (χ1) is 11.5. The van der Waals surface area contributed by atoms with Crippen molar-refractivity contribution in [3.63, 3.8) is 0 Å². The Hall–Kier alpha value is 0.274. The van der Waals surface area contributed by atoms with Gasteiger partial charge in [-0.2, -0.15) is 0 Å². The lowest BCUT2D eigenvalue weighted by molar-refractivity contribution is 0.277. The molecular formula is C20H48N4Si2. The molecule has 1 aliphatic heterocycles. The third-order valence-electron chi connectivity index (χ3n) is 6.55. The van der Waals surface area contributed by atoms with Crippen LogP contribution in [0.25, 0.3) is 0 Å². The summed E-state index contributed by atoms with van der Waals surface area (Å²) in [5.74, 6) is 0. The molecule has 0 saturated carbocycles. The molecule has 1 aliphatic rings. The quantitative estimate of drug-likeness (QED) is 0.628. The second kappa shape index (κ2) is 7.60. The minimum atomic E-state index is -1.79. The van der Waals surface area contributed by atoms with Crippen LogP contribution in [0.2, 0.25) is 10.3 Å². The van der Waals surface area contributed by atoms with E-state index in [2.05, 4.69) is 116 Å². The van der Waals surface area contributed by atoms with Gasteiger partial charge in [0, 0.05) is 10.3 Å². The van der Waals surface area contributed by atoms with Crippen LogP contribution in [0.4, 0.5) is 0 Å². The van der Waals surface area contributed by atoms with Crippen LogP contribution < -0.4 is 0 Å². The zero-order valence-electron chi connectivity index (χ0n) is 20.4. The lowest BCUT2D eigenvalue weighted by atomic mass is 9.93. The van der Waals surface area contributed by atoms with E-state index >= 15 is 0 Å². The Bertz CT molecular complexity index is 403. The summed E-state index contributed by atoms with van der Waals surface area (Å²) >= 11 is 0. The highest BCUT2D eigenvalue weighted by atomic mass is 28.5. The van der Waals surface area contributed by atoms with Crippen LogP contribution >= 0.6 is 0 Å². The molecule has 0 aromatic rings. The third-order valence-corrected chi connectivity index (χ3v) is 22.3. The van der Waals surface area contributed by atoms with Gasteiger partial charge in [0.1, 0.15) is 0 Å². The smallest absolute Gasteiger partial charge is 0.212 e.